The number of furan rings is 1. The Morgan fingerprint density at radius 3 is 2.58 bits per heavy atom. The zero-order valence-corrected chi connectivity index (χ0v) is 14.8. The summed E-state index contributed by atoms with van der Waals surface area (Å²) < 4.78 is 16.1. The third-order valence-electron chi connectivity index (χ3n) is 4.21. The van der Waals surface area contributed by atoms with Crippen LogP contribution in [0.15, 0.2) is 52.9 Å². The van der Waals surface area contributed by atoms with E-state index in [0.717, 1.165) is 5.39 Å². The predicted octanol–water partition coefficient (Wildman–Crippen LogP) is 4.57. The third kappa shape index (κ3) is 3.77. The number of carbonyl (C=O) groups is 2. The second-order valence-corrected chi connectivity index (χ2v) is 5.95. The van der Waals surface area contributed by atoms with E-state index in [1.807, 2.05) is 24.3 Å². The smallest absolute Gasteiger partial charge is 0.374 e. The minimum atomic E-state index is -0.523. The van der Waals surface area contributed by atoms with Crippen LogP contribution in [0.3, 0.4) is 0 Å². The Hall–Kier alpha value is -3.08. The molecule has 5 nitrogen and oxygen atoms in total. The zero-order chi connectivity index (χ0) is 18.5. The van der Waals surface area contributed by atoms with Gasteiger partial charge in [0.2, 0.25) is 5.76 Å². The van der Waals surface area contributed by atoms with Crippen molar-refractivity contribution in [2.24, 2.45) is 0 Å². The van der Waals surface area contributed by atoms with Crippen LogP contribution in [0.1, 0.15) is 39.3 Å². The van der Waals surface area contributed by atoms with E-state index >= 15 is 0 Å². The Morgan fingerprint density at radius 2 is 1.85 bits per heavy atom. The topological polar surface area (TPSA) is 65.7 Å². The summed E-state index contributed by atoms with van der Waals surface area (Å²) in [5.74, 6) is 0.391. The number of fused-ring (bicyclic) bond motifs is 1. The van der Waals surface area contributed by atoms with E-state index in [9.17, 15) is 9.59 Å². The average molecular weight is 352 g/mol. The molecule has 0 fully saturated rings. The van der Waals surface area contributed by atoms with Crippen LogP contribution in [0, 0.1) is 6.92 Å². The average Bonchev–Trinajstić information content (AvgIpc) is 3.01. The first kappa shape index (κ1) is 17.7. The molecule has 0 unspecified atom stereocenters. The van der Waals surface area contributed by atoms with E-state index in [0.29, 0.717) is 35.3 Å². The molecule has 0 N–H and O–H groups in total. The van der Waals surface area contributed by atoms with E-state index < -0.39 is 5.97 Å². The van der Waals surface area contributed by atoms with Crippen LogP contribution in [0.5, 0.6) is 5.75 Å². The van der Waals surface area contributed by atoms with Gasteiger partial charge in [-0.25, -0.2) is 4.79 Å². The van der Waals surface area contributed by atoms with Crippen molar-refractivity contribution in [2.45, 2.75) is 19.8 Å². The van der Waals surface area contributed by atoms with Crippen molar-refractivity contribution in [2.75, 3.05) is 13.7 Å². The number of carbonyl (C=O) groups excluding carboxylic acids is 2. The summed E-state index contributed by atoms with van der Waals surface area (Å²) in [5.41, 5.74) is 1.99. The molecule has 26 heavy (non-hydrogen) atoms. The first-order chi connectivity index (χ1) is 12.6. The maximum Gasteiger partial charge on any atom is 0.374 e. The molecule has 2 aromatic carbocycles. The van der Waals surface area contributed by atoms with Crippen LogP contribution in [0.2, 0.25) is 0 Å². The molecule has 0 aliphatic heterocycles. The van der Waals surface area contributed by atoms with Gasteiger partial charge in [0.1, 0.15) is 11.3 Å². The lowest BCUT2D eigenvalue weighted by Crippen LogP contribution is -2.08. The molecule has 134 valence electrons. The van der Waals surface area contributed by atoms with Crippen LogP contribution in [-0.4, -0.2) is 25.5 Å². The second-order valence-electron chi connectivity index (χ2n) is 5.95. The fourth-order valence-electron chi connectivity index (χ4n) is 2.75. The highest BCUT2D eigenvalue weighted by atomic mass is 16.5. The first-order valence-electron chi connectivity index (χ1n) is 8.42. The van der Waals surface area contributed by atoms with Crippen molar-refractivity contribution in [1.82, 2.24) is 0 Å². The summed E-state index contributed by atoms with van der Waals surface area (Å²) in [6.45, 7) is 1.97. The highest BCUT2D eigenvalue weighted by Gasteiger charge is 2.19. The molecular weight excluding hydrogens is 332 g/mol. The number of esters is 1. The lowest BCUT2D eigenvalue weighted by atomic mass is 10.1. The monoisotopic (exact) mass is 352 g/mol. The van der Waals surface area contributed by atoms with Gasteiger partial charge in [0.25, 0.3) is 0 Å². The summed E-state index contributed by atoms with van der Waals surface area (Å²) in [4.78, 5) is 24.3. The maximum atomic E-state index is 12.3. The highest BCUT2D eigenvalue weighted by molar-refractivity contribution is 5.97. The lowest BCUT2D eigenvalue weighted by molar-refractivity contribution is 0.0460. The molecule has 3 rings (SSSR count). The van der Waals surface area contributed by atoms with Gasteiger partial charge in [0.15, 0.2) is 5.78 Å². The SMILES string of the molecule is COc1ccc2oc(C(=O)OCCCC(=O)c3ccccc3)c(C)c2c1. The molecule has 0 radical (unpaired) electrons. The first-order valence-corrected chi connectivity index (χ1v) is 8.42. The van der Waals surface area contributed by atoms with Crippen molar-refractivity contribution in [3.8, 4) is 5.75 Å². The number of benzene rings is 2. The molecule has 0 saturated heterocycles. The van der Waals surface area contributed by atoms with Gasteiger partial charge >= 0.3 is 5.97 Å². The molecular formula is C21H20O5. The van der Waals surface area contributed by atoms with E-state index in [1.165, 1.54) is 0 Å². The van der Waals surface area contributed by atoms with Gasteiger partial charge in [-0.1, -0.05) is 30.3 Å². The number of hydrogen-bond donors (Lipinski definition) is 0. The lowest BCUT2D eigenvalue weighted by Gasteiger charge is -2.04. The van der Waals surface area contributed by atoms with E-state index in [2.05, 4.69) is 0 Å². The van der Waals surface area contributed by atoms with E-state index in [1.54, 1.807) is 38.3 Å². The Morgan fingerprint density at radius 1 is 1.08 bits per heavy atom. The van der Waals surface area contributed by atoms with Gasteiger partial charge in [-0.15, -0.1) is 0 Å². The Kier molecular flexibility index (Phi) is 5.37. The second kappa shape index (κ2) is 7.87. The quantitative estimate of drug-likeness (QED) is 0.354. The van der Waals surface area contributed by atoms with Crippen LogP contribution in [0.25, 0.3) is 11.0 Å². The van der Waals surface area contributed by atoms with Gasteiger partial charge in [-0.2, -0.15) is 0 Å². The van der Waals surface area contributed by atoms with Gasteiger partial charge in [0.05, 0.1) is 13.7 Å². The number of Topliss-reactive ketones (excluding diaryl/α,β-unsaturated/α-hetero) is 1. The normalized spacial score (nSPS) is 10.7. The number of ketones is 1. The van der Waals surface area contributed by atoms with Crippen LogP contribution < -0.4 is 4.74 Å². The summed E-state index contributed by atoms with van der Waals surface area (Å²) in [6.07, 6.45) is 0.792. The molecule has 3 aromatic rings. The molecule has 0 aliphatic rings. The molecule has 5 heteroatoms. The fourth-order valence-corrected chi connectivity index (χ4v) is 2.75. The third-order valence-corrected chi connectivity index (χ3v) is 4.21. The van der Waals surface area contributed by atoms with Gasteiger partial charge in [0, 0.05) is 22.9 Å². The Bertz CT molecular complexity index is 924. The zero-order valence-electron chi connectivity index (χ0n) is 14.8. The number of ether oxygens (including phenoxy) is 2. The van der Waals surface area contributed by atoms with Crippen molar-refractivity contribution < 1.29 is 23.5 Å². The Labute approximate surface area is 151 Å². The number of hydrogen-bond acceptors (Lipinski definition) is 5. The largest absolute Gasteiger partial charge is 0.497 e. The Balaban J connectivity index is 1.58. The molecule has 1 heterocycles. The van der Waals surface area contributed by atoms with Crippen molar-refractivity contribution in [3.63, 3.8) is 0 Å². The van der Waals surface area contributed by atoms with Gasteiger partial charge in [-0.3, -0.25) is 4.79 Å². The van der Waals surface area contributed by atoms with E-state index in [-0.39, 0.29) is 18.2 Å². The van der Waals surface area contributed by atoms with Crippen LogP contribution >= 0.6 is 0 Å². The fraction of sp³-hybridized carbons (Fsp3) is 0.238. The molecule has 0 saturated carbocycles. The van der Waals surface area contributed by atoms with Gasteiger partial charge in [-0.05, 0) is 31.5 Å². The molecule has 0 amide bonds. The summed E-state index contributed by atoms with van der Waals surface area (Å²) in [6, 6.07) is 14.4. The van der Waals surface area contributed by atoms with Crippen LogP contribution in [-0.2, 0) is 4.74 Å². The molecule has 0 bridgehead atoms. The van der Waals surface area contributed by atoms with E-state index in [4.69, 9.17) is 13.9 Å². The number of aryl methyl sites for hydroxylation is 1. The number of methoxy groups -OCH3 is 1. The highest BCUT2D eigenvalue weighted by Crippen LogP contribution is 2.29. The standard InChI is InChI=1S/C21H20O5/c1-14-17-13-16(24-2)10-11-19(17)26-20(14)21(23)25-12-6-9-18(22)15-7-4-3-5-8-15/h3-5,7-8,10-11,13H,6,9,12H2,1-2H3. The van der Waals surface area contributed by atoms with Crippen LogP contribution in [0.4, 0.5) is 0 Å². The number of rotatable bonds is 7. The van der Waals surface area contributed by atoms with Crippen molar-refractivity contribution >= 4 is 22.7 Å². The van der Waals surface area contributed by atoms with Crippen molar-refractivity contribution in [3.05, 3.63) is 65.4 Å². The van der Waals surface area contributed by atoms with Gasteiger partial charge < -0.3 is 13.9 Å². The van der Waals surface area contributed by atoms with Crippen molar-refractivity contribution in [1.29, 1.82) is 0 Å². The predicted molar refractivity (Wildman–Crippen MR) is 97.8 cm³/mol. The molecule has 0 aliphatic carbocycles. The summed E-state index contributed by atoms with van der Waals surface area (Å²) in [7, 11) is 1.59. The maximum absolute atomic E-state index is 12.3. The molecule has 0 atom stereocenters. The summed E-state index contributed by atoms with van der Waals surface area (Å²) >= 11 is 0. The minimum absolute atomic E-state index is 0.0358. The molecule has 1 aromatic heterocycles. The minimum Gasteiger partial charge on any atom is -0.497 e. The molecule has 0 spiro atoms. The summed E-state index contributed by atoms with van der Waals surface area (Å²) in [5, 5.41) is 0.815.